The third-order valence-electron chi connectivity index (χ3n) is 6.56. The first-order valence-corrected chi connectivity index (χ1v) is 10.6. The maximum Gasteiger partial charge on any atom is 0.248 e. The number of benzene rings is 2. The fraction of sp³-hybridized carbons (Fsp3) is 0.417. The highest BCUT2D eigenvalue weighted by Crippen LogP contribution is 2.52. The van der Waals surface area contributed by atoms with E-state index in [2.05, 4.69) is 5.32 Å². The molecular formula is C24H26N2O5. The number of hydrogen-bond acceptors (Lipinski definition) is 5. The van der Waals surface area contributed by atoms with E-state index in [4.69, 9.17) is 14.2 Å². The van der Waals surface area contributed by atoms with Crippen LogP contribution < -0.4 is 14.8 Å². The summed E-state index contributed by atoms with van der Waals surface area (Å²) in [6.07, 6.45) is 1.04. The highest BCUT2D eigenvalue weighted by molar-refractivity contribution is 5.78. The lowest BCUT2D eigenvalue weighted by Gasteiger charge is -2.39. The molecule has 0 radical (unpaired) electrons. The van der Waals surface area contributed by atoms with Gasteiger partial charge in [0.1, 0.15) is 12.4 Å². The molecule has 3 heterocycles. The van der Waals surface area contributed by atoms with E-state index in [0.717, 1.165) is 16.9 Å². The molecule has 2 atom stereocenters. The molecule has 3 aliphatic heterocycles. The van der Waals surface area contributed by atoms with Crippen LogP contribution in [0.15, 0.2) is 42.5 Å². The van der Waals surface area contributed by atoms with Gasteiger partial charge in [0.05, 0.1) is 6.61 Å². The first-order chi connectivity index (χ1) is 15.1. The Morgan fingerprint density at radius 1 is 1.26 bits per heavy atom. The Morgan fingerprint density at radius 3 is 3.00 bits per heavy atom. The zero-order chi connectivity index (χ0) is 21.4. The maximum absolute atomic E-state index is 12.6. The fourth-order valence-electron chi connectivity index (χ4n) is 4.95. The minimum atomic E-state index is -0.386. The summed E-state index contributed by atoms with van der Waals surface area (Å²) in [6.45, 7) is 1.98. The normalized spacial score (nSPS) is 24.5. The Balaban J connectivity index is 1.57. The van der Waals surface area contributed by atoms with Crippen molar-refractivity contribution < 1.29 is 23.8 Å². The molecule has 0 unspecified atom stereocenters. The molecule has 2 aromatic carbocycles. The van der Waals surface area contributed by atoms with Crippen LogP contribution >= 0.6 is 0 Å². The molecule has 5 rings (SSSR count). The lowest BCUT2D eigenvalue weighted by Crippen LogP contribution is -2.48. The molecule has 1 fully saturated rings. The fourth-order valence-corrected chi connectivity index (χ4v) is 4.95. The first-order valence-electron chi connectivity index (χ1n) is 10.6. The van der Waals surface area contributed by atoms with Gasteiger partial charge < -0.3 is 24.4 Å². The van der Waals surface area contributed by atoms with E-state index in [1.165, 1.54) is 7.11 Å². The summed E-state index contributed by atoms with van der Waals surface area (Å²) >= 11 is 0. The number of methoxy groups -OCH3 is 1. The van der Waals surface area contributed by atoms with Gasteiger partial charge in [-0.3, -0.25) is 9.59 Å². The molecule has 2 aromatic rings. The molecule has 31 heavy (non-hydrogen) atoms. The average Bonchev–Trinajstić information content (AvgIpc) is 3.17. The van der Waals surface area contributed by atoms with Gasteiger partial charge in [0.15, 0.2) is 11.5 Å². The number of nitrogens with zero attached hydrogens (tertiary/aromatic N) is 1. The Kier molecular flexibility index (Phi) is 5.06. The van der Waals surface area contributed by atoms with Crippen molar-refractivity contribution in [2.45, 2.75) is 18.8 Å². The summed E-state index contributed by atoms with van der Waals surface area (Å²) in [6, 6.07) is 13.7. The Morgan fingerprint density at radius 2 is 2.13 bits per heavy atom. The van der Waals surface area contributed by atoms with Crippen LogP contribution in [0.2, 0.25) is 0 Å². The monoisotopic (exact) mass is 422 g/mol. The van der Waals surface area contributed by atoms with Crippen molar-refractivity contribution in [3.63, 3.8) is 0 Å². The van der Waals surface area contributed by atoms with Crippen molar-refractivity contribution in [2.75, 3.05) is 40.0 Å². The number of carbonyl (C=O) groups is 2. The van der Waals surface area contributed by atoms with Gasteiger partial charge in [0.25, 0.3) is 0 Å². The molecule has 7 heteroatoms. The summed E-state index contributed by atoms with van der Waals surface area (Å²) in [5.41, 5.74) is 1.67. The lowest BCUT2D eigenvalue weighted by molar-refractivity contribution is -0.134. The van der Waals surface area contributed by atoms with E-state index < -0.39 is 0 Å². The number of amides is 2. The quantitative estimate of drug-likeness (QED) is 0.805. The van der Waals surface area contributed by atoms with Crippen LogP contribution in [0.25, 0.3) is 0 Å². The lowest BCUT2D eigenvalue weighted by atomic mass is 9.73. The number of ether oxygens (including phenoxy) is 3. The van der Waals surface area contributed by atoms with E-state index >= 15 is 0 Å². The molecule has 3 aliphatic rings. The van der Waals surface area contributed by atoms with Gasteiger partial charge in [-0.2, -0.15) is 0 Å². The van der Waals surface area contributed by atoms with Gasteiger partial charge in [-0.05, 0) is 30.2 Å². The molecule has 0 saturated carbocycles. The summed E-state index contributed by atoms with van der Waals surface area (Å²) in [7, 11) is 1.52. The summed E-state index contributed by atoms with van der Waals surface area (Å²) in [5.74, 6) is 2.09. The van der Waals surface area contributed by atoms with Crippen molar-refractivity contribution in [3.05, 3.63) is 53.6 Å². The highest BCUT2D eigenvalue weighted by Gasteiger charge is 2.53. The third-order valence-corrected chi connectivity index (χ3v) is 6.56. The Bertz CT molecular complexity index is 1020. The average molecular weight is 422 g/mol. The van der Waals surface area contributed by atoms with Crippen molar-refractivity contribution in [3.8, 4) is 17.2 Å². The van der Waals surface area contributed by atoms with Crippen LogP contribution in [0.3, 0.4) is 0 Å². The van der Waals surface area contributed by atoms with Crippen LogP contribution in [0.4, 0.5) is 0 Å². The van der Waals surface area contributed by atoms with E-state index in [1.807, 2.05) is 47.4 Å². The Labute approximate surface area is 181 Å². The molecule has 162 valence electrons. The highest BCUT2D eigenvalue weighted by atomic mass is 16.5. The number of fused-ring (bicyclic) bond motifs is 4. The van der Waals surface area contributed by atoms with Gasteiger partial charge in [0.2, 0.25) is 11.8 Å². The maximum atomic E-state index is 12.6. The van der Waals surface area contributed by atoms with Crippen molar-refractivity contribution >= 4 is 11.8 Å². The summed E-state index contributed by atoms with van der Waals surface area (Å²) in [4.78, 5) is 27.1. The SMILES string of the molecule is COCC(=O)N1C[C@@H]2c3cccc4c3OC[C@]2(CNC(=O)CCc2cccc(c2)O4)C1. The number of aryl methyl sites for hydroxylation is 1. The van der Waals surface area contributed by atoms with Gasteiger partial charge in [-0.25, -0.2) is 0 Å². The van der Waals surface area contributed by atoms with Gasteiger partial charge in [0, 0.05) is 50.1 Å². The van der Waals surface area contributed by atoms with Crippen LogP contribution in [0.1, 0.15) is 23.5 Å². The van der Waals surface area contributed by atoms with E-state index in [-0.39, 0.29) is 29.8 Å². The number of carbonyl (C=O) groups excluding carboxylic acids is 2. The molecule has 7 nitrogen and oxygen atoms in total. The molecule has 2 amide bonds. The first kappa shape index (κ1) is 19.9. The second-order valence-corrected chi connectivity index (χ2v) is 8.61. The number of rotatable bonds is 2. The Hall–Kier alpha value is -3.06. The summed E-state index contributed by atoms with van der Waals surface area (Å²) < 4.78 is 17.5. The van der Waals surface area contributed by atoms with E-state index in [9.17, 15) is 9.59 Å². The van der Waals surface area contributed by atoms with Crippen LogP contribution in [-0.4, -0.2) is 56.7 Å². The topological polar surface area (TPSA) is 77.1 Å². The van der Waals surface area contributed by atoms with Gasteiger partial charge in [-0.15, -0.1) is 0 Å². The number of hydrogen-bond donors (Lipinski definition) is 1. The van der Waals surface area contributed by atoms with Crippen molar-refractivity contribution in [1.82, 2.24) is 10.2 Å². The molecular weight excluding hydrogens is 396 g/mol. The largest absolute Gasteiger partial charge is 0.489 e. The van der Waals surface area contributed by atoms with Crippen LogP contribution in [0.5, 0.6) is 17.2 Å². The van der Waals surface area contributed by atoms with E-state index in [0.29, 0.717) is 50.6 Å². The molecule has 0 aliphatic carbocycles. The smallest absolute Gasteiger partial charge is 0.248 e. The van der Waals surface area contributed by atoms with Gasteiger partial charge in [-0.1, -0.05) is 24.3 Å². The molecule has 0 aromatic heterocycles. The third kappa shape index (κ3) is 3.63. The standard InChI is InChI=1S/C24H26N2O5/c1-29-12-22(28)26-11-19-18-6-3-7-20-23(18)30-15-24(19,14-26)13-25-21(27)9-8-16-4-2-5-17(10-16)31-20/h2-7,10,19H,8-9,11-15H2,1H3,(H,25,27)/t19-,24+/m1/s1. The predicted octanol–water partition coefficient (Wildman–Crippen LogP) is 2.49. The summed E-state index contributed by atoms with van der Waals surface area (Å²) in [5, 5.41) is 3.12. The minimum Gasteiger partial charge on any atom is -0.489 e. The predicted molar refractivity (Wildman–Crippen MR) is 113 cm³/mol. The second-order valence-electron chi connectivity index (χ2n) is 8.61. The zero-order valence-corrected chi connectivity index (χ0v) is 17.6. The molecule has 4 bridgehead atoms. The van der Waals surface area contributed by atoms with Gasteiger partial charge >= 0.3 is 0 Å². The second kappa shape index (κ2) is 7.89. The van der Waals surface area contributed by atoms with Crippen LogP contribution in [0, 0.1) is 5.41 Å². The van der Waals surface area contributed by atoms with Crippen LogP contribution in [-0.2, 0) is 20.7 Å². The number of para-hydroxylation sites is 1. The van der Waals surface area contributed by atoms with Crippen molar-refractivity contribution in [1.29, 1.82) is 0 Å². The zero-order valence-electron chi connectivity index (χ0n) is 17.6. The molecule has 1 N–H and O–H groups in total. The van der Waals surface area contributed by atoms with Crippen molar-refractivity contribution in [2.24, 2.45) is 5.41 Å². The minimum absolute atomic E-state index is 0.00211. The number of likely N-dealkylation sites (tertiary alicyclic amines) is 1. The van der Waals surface area contributed by atoms with E-state index in [1.54, 1.807) is 0 Å². The molecule has 1 saturated heterocycles. The number of nitrogens with one attached hydrogen (secondary N) is 1. The molecule has 1 spiro atoms.